The van der Waals surface area contributed by atoms with Gasteiger partial charge in [-0.2, -0.15) is 4.98 Å². The van der Waals surface area contributed by atoms with Crippen LogP contribution in [0.3, 0.4) is 0 Å². The molecule has 5 rings (SSSR count). The first-order valence-corrected chi connectivity index (χ1v) is 9.55. The second kappa shape index (κ2) is 7.80. The summed E-state index contributed by atoms with van der Waals surface area (Å²) in [6.07, 6.45) is 1.64. The van der Waals surface area contributed by atoms with Gasteiger partial charge in [0, 0.05) is 23.5 Å². The minimum absolute atomic E-state index is 0.0345. The van der Waals surface area contributed by atoms with Gasteiger partial charge in [-0.3, -0.25) is 14.9 Å². The van der Waals surface area contributed by atoms with E-state index in [1.807, 2.05) is 0 Å². The Labute approximate surface area is 180 Å². The summed E-state index contributed by atoms with van der Waals surface area (Å²) in [5.74, 6) is 0.222. The molecule has 0 saturated carbocycles. The number of hydrogen-bond acceptors (Lipinski definition) is 7. The molecule has 0 spiro atoms. The topological polar surface area (TPSA) is 124 Å². The lowest BCUT2D eigenvalue weighted by Crippen LogP contribution is -2.10. The monoisotopic (exact) mass is 426 g/mol. The predicted molar refractivity (Wildman–Crippen MR) is 116 cm³/mol. The maximum atomic E-state index is 12.6. The molecule has 0 saturated heterocycles. The Hall–Kier alpha value is -4.79. The zero-order valence-electron chi connectivity index (χ0n) is 16.4. The van der Waals surface area contributed by atoms with Crippen molar-refractivity contribution in [2.24, 2.45) is 0 Å². The van der Waals surface area contributed by atoms with Crippen molar-refractivity contribution in [1.82, 2.24) is 9.97 Å². The molecular formula is C23H14N4O5. The Morgan fingerprint density at radius 3 is 2.53 bits per heavy atom. The molecule has 0 bridgehead atoms. The van der Waals surface area contributed by atoms with Crippen LogP contribution in [0.1, 0.15) is 10.6 Å². The van der Waals surface area contributed by atoms with Crippen molar-refractivity contribution >= 4 is 28.5 Å². The maximum absolute atomic E-state index is 12.6. The van der Waals surface area contributed by atoms with E-state index in [1.165, 1.54) is 18.2 Å². The average Bonchev–Trinajstić information content (AvgIpc) is 3.47. The Morgan fingerprint density at radius 1 is 0.938 bits per heavy atom. The van der Waals surface area contributed by atoms with Gasteiger partial charge in [-0.25, -0.2) is 4.98 Å². The highest BCUT2D eigenvalue weighted by Gasteiger charge is 2.19. The second-order valence-electron chi connectivity index (χ2n) is 6.81. The normalized spacial score (nSPS) is 10.9. The van der Waals surface area contributed by atoms with Gasteiger partial charge in [-0.1, -0.05) is 12.1 Å². The van der Waals surface area contributed by atoms with E-state index in [2.05, 4.69) is 15.3 Å². The molecule has 9 nitrogen and oxygen atoms in total. The first-order valence-electron chi connectivity index (χ1n) is 9.55. The number of nitrogens with one attached hydrogen (secondary N) is 1. The maximum Gasteiger partial charge on any atom is 0.291 e. The van der Waals surface area contributed by atoms with E-state index in [0.717, 1.165) is 5.56 Å². The standard InChI is InChI=1S/C23H14N4O5/c28-22(20-12-11-18(31-20)16-4-1-2-5-17(16)27(29)30)25-15-9-7-14(8-10-15)23-26-21-19(32-23)6-3-13-24-21/h1-13H,(H,25,28). The zero-order chi connectivity index (χ0) is 22.1. The van der Waals surface area contributed by atoms with Crippen molar-refractivity contribution in [3.63, 3.8) is 0 Å². The number of hydrogen-bond donors (Lipinski definition) is 1. The van der Waals surface area contributed by atoms with Gasteiger partial charge in [0.15, 0.2) is 17.0 Å². The van der Waals surface area contributed by atoms with Crippen LogP contribution in [-0.2, 0) is 0 Å². The number of carbonyl (C=O) groups is 1. The molecule has 1 amide bonds. The third-order valence-corrected chi connectivity index (χ3v) is 4.75. The number of carbonyl (C=O) groups excluding carboxylic acids is 1. The summed E-state index contributed by atoms with van der Waals surface area (Å²) in [6.45, 7) is 0. The lowest BCUT2D eigenvalue weighted by Gasteiger charge is -2.04. The number of benzene rings is 2. The van der Waals surface area contributed by atoms with Gasteiger partial charge in [0.25, 0.3) is 11.6 Å². The van der Waals surface area contributed by atoms with Crippen LogP contribution in [0.2, 0.25) is 0 Å². The number of oxazole rings is 1. The Bertz CT molecular complexity index is 1420. The smallest absolute Gasteiger partial charge is 0.291 e. The predicted octanol–water partition coefficient (Wildman–Crippen LogP) is 5.31. The number of aromatic nitrogens is 2. The van der Waals surface area contributed by atoms with Crippen LogP contribution in [0.4, 0.5) is 11.4 Å². The van der Waals surface area contributed by atoms with Crippen molar-refractivity contribution in [3.8, 4) is 22.8 Å². The molecule has 0 aliphatic rings. The first kappa shape index (κ1) is 19.2. The van der Waals surface area contributed by atoms with Crippen molar-refractivity contribution in [3.05, 3.63) is 94.9 Å². The number of amides is 1. The third-order valence-electron chi connectivity index (χ3n) is 4.75. The number of fused-ring (bicyclic) bond motifs is 1. The molecule has 0 unspecified atom stereocenters. The van der Waals surface area contributed by atoms with Crippen LogP contribution < -0.4 is 5.32 Å². The van der Waals surface area contributed by atoms with E-state index in [1.54, 1.807) is 60.8 Å². The molecule has 0 fully saturated rings. The highest BCUT2D eigenvalue weighted by Crippen LogP contribution is 2.31. The summed E-state index contributed by atoms with van der Waals surface area (Å²) in [4.78, 5) is 31.8. The SMILES string of the molecule is O=C(Nc1ccc(-c2nc3ncccc3o2)cc1)c1ccc(-c2ccccc2[N+](=O)[O-])o1. The second-order valence-corrected chi connectivity index (χ2v) is 6.81. The van der Waals surface area contributed by atoms with Gasteiger partial charge >= 0.3 is 0 Å². The van der Waals surface area contributed by atoms with E-state index >= 15 is 0 Å². The van der Waals surface area contributed by atoms with Crippen molar-refractivity contribution < 1.29 is 18.6 Å². The molecule has 9 heteroatoms. The number of nitro benzene ring substituents is 1. The van der Waals surface area contributed by atoms with Gasteiger partial charge in [-0.05, 0) is 54.6 Å². The summed E-state index contributed by atoms with van der Waals surface area (Å²) in [7, 11) is 0. The number of nitrogens with zero attached hydrogens (tertiary/aromatic N) is 3. The summed E-state index contributed by atoms with van der Waals surface area (Å²) < 4.78 is 11.3. The fraction of sp³-hybridized carbons (Fsp3) is 0. The quantitative estimate of drug-likeness (QED) is 0.298. The third kappa shape index (κ3) is 3.58. The fourth-order valence-corrected chi connectivity index (χ4v) is 3.23. The van der Waals surface area contributed by atoms with Gasteiger partial charge < -0.3 is 14.2 Å². The van der Waals surface area contributed by atoms with Crippen molar-refractivity contribution in [2.45, 2.75) is 0 Å². The van der Waals surface area contributed by atoms with Crippen LogP contribution in [-0.4, -0.2) is 20.8 Å². The molecule has 1 N–H and O–H groups in total. The highest BCUT2D eigenvalue weighted by molar-refractivity contribution is 6.02. The van der Waals surface area contributed by atoms with Gasteiger partial charge in [0.2, 0.25) is 5.89 Å². The molecule has 5 aromatic rings. The molecule has 0 atom stereocenters. The highest BCUT2D eigenvalue weighted by atomic mass is 16.6. The number of furan rings is 1. The summed E-state index contributed by atoms with van der Waals surface area (Å²) >= 11 is 0. The lowest BCUT2D eigenvalue weighted by atomic mass is 10.1. The molecule has 156 valence electrons. The Morgan fingerprint density at radius 2 is 1.75 bits per heavy atom. The van der Waals surface area contributed by atoms with Crippen LogP contribution in [0, 0.1) is 10.1 Å². The summed E-state index contributed by atoms with van der Waals surface area (Å²) in [6, 6.07) is 19.7. The van der Waals surface area contributed by atoms with E-state index in [0.29, 0.717) is 28.4 Å². The van der Waals surface area contributed by atoms with Crippen LogP contribution in [0.25, 0.3) is 34.0 Å². The minimum Gasteiger partial charge on any atom is -0.451 e. The number of para-hydroxylation sites is 1. The Kier molecular flexibility index (Phi) is 4.68. The summed E-state index contributed by atoms with van der Waals surface area (Å²) in [5.41, 5.74) is 2.58. The van der Waals surface area contributed by atoms with Gasteiger partial charge in [-0.15, -0.1) is 0 Å². The molecule has 0 radical (unpaired) electrons. The number of nitro groups is 1. The van der Waals surface area contributed by atoms with Crippen molar-refractivity contribution in [1.29, 1.82) is 0 Å². The number of pyridine rings is 1. The lowest BCUT2D eigenvalue weighted by molar-refractivity contribution is -0.384. The zero-order valence-corrected chi connectivity index (χ0v) is 16.4. The van der Waals surface area contributed by atoms with E-state index in [9.17, 15) is 14.9 Å². The molecule has 0 aliphatic carbocycles. The molecule has 3 aromatic heterocycles. The molecule has 3 heterocycles. The van der Waals surface area contributed by atoms with Gasteiger partial charge in [0.1, 0.15) is 5.76 Å². The fourth-order valence-electron chi connectivity index (χ4n) is 3.23. The van der Waals surface area contributed by atoms with E-state index in [-0.39, 0.29) is 17.2 Å². The number of anilines is 1. The molecule has 32 heavy (non-hydrogen) atoms. The largest absolute Gasteiger partial charge is 0.451 e. The minimum atomic E-state index is -0.494. The molecular weight excluding hydrogens is 412 g/mol. The van der Waals surface area contributed by atoms with Crippen LogP contribution >= 0.6 is 0 Å². The van der Waals surface area contributed by atoms with E-state index < -0.39 is 10.8 Å². The van der Waals surface area contributed by atoms with Crippen LogP contribution in [0.5, 0.6) is 0 Å². The molecule has 2 aromatic carbocycles. The average molecular weight is 426 g/mol. The Balaban J connectivity index is 1.33. The van der Waals surface area contributed by atoms with Crippen LogP contribution in [0.15, 0.2) is 87.8 Å². The number of rotatable bonds is 5. The van der Waals surface area contributed by atoms with Gasteiger partial charge in [0.05, 0.1) is 10.5 Å². The van der Waals surface area contributed by atoms with Crippen molar-refractivity contribution in [2.75, 3.05) is 5.32 Å². The first-order chi connectivity index (χ1) is 15.6. The summed E-state index contributed by atoms with van der Waals surface area (Å²) in [5, 5.41) is 14.0. The molecule has 0 aliphatic heterocycles. The van der Waals surface area contributed by atoms with E-state index in [4.69, 9.17) is 8.83 Å².